The Kier molecular flexibility index (Phi) is 6.55. The molecule has 0 unspecified atom stereocenters. The summed E-state index contributed by atoms with van der Waals surface area (Å²) in [5, 5.41) is 3.82. The van der Waals surface area contributed by atoms with Crippen LogP contribution in [0.4, 0.5) is 0 Å². The standard InChI is InChI=1S/C13H19Cl2N3O/c1-9(2)6-16-13(19)8-18(3)7-11-10(14)4-5-12(15)17-11/h4-5,9H,6-8H2,1-3H3,(H,16,19). The lowest BCUT2D eigenvalue weighted by Gasteiger charge is -2.17. The summed E-state index contributed by atoms with van der Waals surface area (Å²) in [4.78, 5) is 17.7. The van der Waals surface area contributed by atoms with Gasteiger partial charge in [0, 0.05) is 13.1 Å². The second kappa shape index (κ2) is 7.68. The number of hydrogen-bond acceptors (Lipinski definition) is 3. The molecule has 1 N–H and O–H groups in total. The average Bonchev–Trinajstić information content (AvgIpc) is 2.31. The minimum absolute atomic E-state index is 0.00523. The number of rotatable bonds is 6. The molecule has 0 spiro atoms. The van der Waals surface area contributed by atoms with Gasteiger partial charge in [-0.3, -0.25) is 9.69 Å². The van der Waals surface area contributed by atoms with Crippen LogP contribution in [-0.4, -0.2) is 35.9 Å². The Morgan fingerprint density at radius 2 is 2.11 bits per heavy atom. The third-order valence-corrected chi connectivity index (χ3v) is 2.98. The molecule has 0 bridgehead atoms. The minimum Gasteiger partial charge on any atom is -0.355 e. The summed E-state index contributed by atoms with van der Waals surface area (Å²) >= 11 is 11.9. The van der Waals surface area contributed by atoms with Crippen molar-refractivity contribution >= 4 is 29.1 Å². The second-order valence-corrected chi connectivity index (χ2v) is 5.73. The SMILES string of the molecule is CC(C)CNC(=O)CN(C)Cc1nc(Cl)ccc1Cl. The molecule has 0 aromatic carbocycles. The van der Waals surface area contributed by atoms with Gasteiger partial charge in [-0.2, -0.15) is 0 Å². The van der Waals surface area contributed by atoms with E-state index in [1.807, 2.05) is 11.9 Å². The maximum Gasteiger partial charge on any atom is 0.234 e. The molecule has 1 aromatic heterocycles. The Hall–Kier alpha value is -0.840. The van der Waals surface area contributed by atoms with E-state index in [1.54, 1.807) is 12.1 Å². The number of nitrogens with zero attached hydrogens (tertiary/aromatic N) is 2. The van der Waals surface area contributed by atoms with Crippen molar-refractivity contribution in [1.82, 2.24) is 15.2 Å². The topological polar surface area (TPSA) is 45.2 Å². The summed E-state index contributed by atoms with van der Waals surface area (Å²) < 4.78 is 0. The highest BCUT2D eigenvalue weighted by atomic mass is 35.5. The van der Waals surface area contributed by atoms with E-state index < -0.39 is 0 Å². The van der Waals surface area contributed by atoms with Crippen LogP contribution in [0.25, 0.3) is 0 Å². The smallest absolute Gasteiger partial charge is 0.234 e. The zero-order valence-electron chi connectivity index (χ0n) is 11.4. The van der Waals surface area contributed by atoms with Crippen LogP contribution in [0.1, 0.15) is 19.5 Å². The van der Waals surface area contributed by atoms with Crippen molar-refractivity contribution in [2.24, 2.45) is 5.92 Å². The molecule has 6 heteroatoms. The van der Waals surface area contributed by atoms with Crippen LogP contribution < -0.4 is 5.32 Å². The van der Waals surface area contributed by atoms with Gasteiger partial charge in [0.05, 0.1) is 17.3 Å². The molecular weight excluding hydrogens is 285 g/mol. The van der Waals surface area contributed by atoms with E-state index >= 15 is 0 Å². The molecule has 4 nitrogen and oxygen atoms in total. The van der Waals surface area contributed by atoms with Gasteiger partial charge in [0.2, 0.25) is 5.91 Å². The minimum atomic E-state index is -0.00523. The average molecular weight is 304 g/mol. The number of carbonyl (C=O) groups excluding carboxylic acids is 1. The molecule has 0 aliphatic rings. The van der Waals surface area contributed by atoms with Crippen molar-refractivity contribution in [2.75, 3.05) is 20.1 Å². The number of halogens is 2. The van der Waals surface area contributed by atoms with Gasteiger partial charge in [-0.15, -0.1) is 0 Å². The Morgan fingerprint density at radius 1 is 1.42 bits per heavy atom. The fraction of sp³-hybridized carbons (Fsp3) is 0.538. The highest BCUT2D eigenvalue weighted by Gasteiger charge is 2.10. The van der Waals surface area contributed by atoms with E-state index in [1.165, 1.54) is 0 Å². The lowest BCUT2D eigenvalue weighted by molar-refractivity contribution is -0.122. The van der Waals surface area contributed by atoms with Crippen molar-refractivity contribution in [3.8, 4) is 0 Å². The summed E-state index contributed by atoms with van der Waals surface area (Å²) in [6.45, 7) is 5.58. The maximum atomic E-state index is 11.7. The molecule has 0 fully saturated rings. The molecular formula is C13H19Cl2N3O. The lowest BCUT2D eigenvalue weighted by atomic mass is 10.2. The van der Waals surface area contributed by atoms with E-state index in [0.29, 0.717) is 41.4 Å². The van der Waals surface area contributed by atoms with Crippen LogP contribution in [0.3, 0.4) is 0 Å². The summed E-state index contributed by atoms with van der Waals surface area (Å²) in [5.41, 5.74) is 0.674. The number of hydrogen-bond donors (Lipinski definition) is 1. The second-order valence-electron chi connectivity index (χ2n) is 4.93. The molecule has 0 radical (unpaired) electrons. The summed E-state index contributed by atoms with van der Waals surface area (Å²) in [5.74, 6) is 0.438. The monoisotopic (exact) mass is 303 g/mol. The first-order valence-electron chi connectivity index (χ1n) is 6.14. The zero-order chi connectivity index (χ0) is 14.4. The van der Waals surface area contributed by atoms with E-state index in [9.17, 15) is 4.79 Å². The fourth-order valence-corrected chi connectivity index (χ4v) is 1.83. The molecule has 0 saturated carbocycles. The Balaban J connectivity index is 2.48. The molecule has 19 heavy (non-hydrogen) atoms. The number of carbonyl (C=O) groups is 1. The van der Waals surface area contributed by atoms with Gasteiger partial charge in [-0.05, 0) is 25.1 Å². The van der Waals surface area contributed by atoms with Crippen LogP contribution >= 0.6 is 23.2 Å². The quantitative estimate of drug-likeness (QED) is 0.822. The molecule has 0 atom stereocenters. The summed E-state index contributed by atoms with van der Waals surface area (Å²) in [6, 6.07) is 3.35. The largest absolute Gasteiger partial charge is 0.355 e. The number of amides is 1. The predicted octanol–water partition coefficient (Wildman–Crippen LogP) is 2.59. The van der Waals surface area contributed by atoms with Crippen LogP contribution in [0.15, 0.2) is 12.1 Å². The van der Waals surface area contributed by atoms with Crippen LogP contribution in [0.2, 0.25) is 10.2 Å². The van der Waals surface area contributed by atoms with E-state index in [0.717, 1.165) is 0 Å². The zero-order valence-corrected chi connectivity index (χ0v) is 12.9. The Morgan fingerprint density at radius 3 is 2.74 bits per heavy atom. The van der Waals surface area contributed by atoms with E-state index in [-0.39, 0.29) is 5.91 Å². The van der Waals surface area contributed by atoms with Gasteiger partial charge >= 0.3 is 0 Å². The molecule has 0 aliphatic heterocycles. The van der Waals surface area contributed by atoms with Gasteiger partial charge in [0.25, 0.3) is 0 Å². The predicted molar refractivity (Wildman–Crippen MR) is 78.4 cm³/mol. The summed E-state index contributed by atoms with van der Waals surface area (Å²) in [6.07, 6.45) is 0. The number of pyridine rings is 1. The Bertz CT molecular complexity index is 438. The molecule has 0 aliphatic carbocycles. The molecule has 106 valence electrons. The van der Waals surface area contributed by atoms with Crippen molar-refractivity contribution in [2.45, 2.75) is 20.4 Å². The van der Waals surface area contributed by atoms with Gasteiger partial charge in [-0.25, -0.2) is 4.98 Å². The van der Waals surface area contributed by atoms with Gasteiger partial charge in [0.1, 0.15) is 5.15 Å². The van der Waals surface area contributed by atoms with E-state index in [4.69, 9.17) is 23.2 Å². The molecule has 1 heterocycles. The highest BCUT2D eigenvalue weighted by molar-refractivity contribution is 6.32. The third kappa shape index (κ3) is 6.23. The van der Waals surface area contributed by atoms with Crippen molar-refractivity contribution in [3.63, 3.8) is 0 Å². The number of aromatic nitrogens is 1. The van der Waals surface area contributed by atoms with Gasteiger partial charge < -0.3 is 5.32 Å². The van der Waals surface area contributed by atoms with Crippen molar-refractivity contribution in [1.29, 1.82) is 0 Å². The molecule has 1 aromatic rings. The maximum absolute atomic E-state index is 11.7. The normalized spacial score (nSPS) is 11.1. The molecule has 1 amide bonds. The summed E-state index contributed by atoms with van der Waals surface area (Å²) in [7, 11) is 1.84. The fourth-order valence-electron chi connectivity index (χ4n) is 1.50. The van der Waals surface area contributed by atoms with Crippen LogP contribution in [0, 0.1) is 5.92 Å². The van der Waals surface area contributed by atoms with E-state index in [2.05, 4.69) is 24.1 Å². The van der Waals surface area contributed by atoms with Crippen LogP contribution in [-0.2, 0) is 11.3 Å². The highest BCUT2D eigenvalue weighted by Crippen LogP contribution is 2.17. The lowest BCUT2D eigenvalue weighted by Crippen LogP contribution is -2.36. The molecule has 1 rings (SSSR count). The number of likely N-dealkylation sites (N-methyl/N-ethyl adjacent to an activating group) is 1. The van der Waals surface area contributed by atoms with Gasteiger partial charge in [0.15, 0.2) is 0 Å². The first-order valence-corrected chi connectivity index (χ1v) is 6.90. The van der Waals surface area contributed by atoms with Crippen LogP contribution in [0.5, 0.6) is 0 Å². The van der Waals surface area contributed by atoms with Crippen molar-refractivity contribution in [3.05, 3.63) is 28.0 Å². The third-order valence-electron chi connectivity index (χ3n) is 2.43. The number of nitrogens with one attached hydrogen (secondary N) is 1. The first kappa shape index (κ1) is 16.2. The van der Waals surface area contributed by atoms with Gasteiger partial charge in [-0.1, -0.05) is 37.0 Å². The van der Waals surface area contributed by atoms with Crippen molar-refractivity contribution < 1.29 is 4.79 Å². The Labute approximate surface area is 124 Å². The first-order chi connectivity index (χ1) is 8.88. The molecule has 0 saturated heterocycles.